The van der Waals surface area contributed by atoms with E-state index < -0.39 is 10.1 Å². The second-order valence-corrected chi connectivity index (χ2v) is 6.32. The molecule has 0 aliphatic carbocycles. The molecule has 0 spiro atoms. The maximum absolute atomic E-state index is 12.1. The predicted molar refractivity (Wildman–Crippen MR) is 93.1 cm³/mol. The van der Waals surface area contributed by atoms with Crippen LogP contribution in [-0.2, 0) is 10.1 Å². The van der Waals surface area contributed by atoms with Gasteiger partial charge < -0.3 is 9.50 Å². The number of rotatable bonds is 5. The van der Waals surface area contributed by atoms with E-state index in [2.05, 4.69) is 15.8 Å². The van der Waals surface area contributed by atoms with Crippen LogP contribution in [0.25, 0.3) is 0 Å². The normalized spacial score (nSPS) is 11.2. The molecule has 6 nitrogen and oxygen atoms in total. The summed E-state index contributed by atoms with van der Waals surface area (Å²) in [5.74, 6) is 0.227. The molecule has 0 aliphatic rings. The maximum atomic E-state index is 12.1. The summed E-state index contributed by atoms with van der Waals surface area (Å²) in [6.07, 6.45) is 1.55. The molecule has 2 aromatic rings. The Kier molecular flexibility index (Phi) is 5.67. The van der Waals surface area contributed by atoms with Crippen molar-refractivity contribution in [2.45, 2.75) is 4.90 Å². The molecule has 0 aliphatic heterocycles. The van der Waals surface area contributed by atoms with Crippen LogP contribution < -0.4 is 14.9 Å². The zero-order chi connectivity index (χ0) is 16.7. The second-order valence-electron chi connectivity index (χ2n) is 4.37. The van der Waals surface area contributed by atoms with Crippen molar-refractivity contribution in [2.75, 3.05) is 7.05 Å². The Hall–Kier alpha value is -2.45. The van der Waals surface area contributed by atoms with Gasteiger partial charge in [-0.25, -0.2) is 0 Å². The van der Waals surface area contributed by atoms with E-state index >= 15 is 0 Å². The van der Waals surface area contributed by atoms with Crippen LogP contribution in [0, 0.1) is 0 Å². The molecule has 0 atom stereocenters. The molecular weight excluding hydrogens is 334 g/mol. The molecule has 2 N–H and O–H groups in total. The van der Waals surface area contributed by atoms with Crippen molar-refractivity contribution < 1.29 is 12.6 Å². The second kappa shape index (κ2) is 7.70. The predicted octanol–water partition coefficient (Wildman–Crippen LogP) is 1.88. The summed E-state index contributed by atoms with van der Waals surface area (Å²) in [4.78, 5) is 0.107. The van der Waals surface area contributed by atoms with Gasteiger partial charge in [0.2, 0.25) is 0 Å². The fourth-order valence-electron chi connectivity index (χ4n) is 1.59. The van der Waals surface area contributed by atoms with Crippen molar-refractivity contribution in [3.63, 3.8) is 0 Å². The Morgan fingerprint density at radius 3 is 2.39 bits per heavy atom. The lowest BCUT2D eigenvalue weighted by atomic mass is 10.2. The quantitative estimate of drug-likeness (QED) is 0.371. The van der Waals surface area contributed by atoms with E-state index in [0.29, 0.717) is 5.11 Å². The Morgan fingerprint density at radius 1 is 1.13 bits per heavy atom. The maximum Gasteiger partial charge on any atom is 0.339 e. The van der Waals surface area contributed by atoms with Gasteiger partial charge in [-0.1, -0.05) is 18.2 Å². The summed E-state index contributed by atoms with van der Waals surface area (Å²) < 4.78 is 29.3. The van der Waals surface area contributed by atoms with E-state index in [-0.39, 0.29) is 10.6 Å². The number of nitrogens with zero attached hydrogens (tertiary/aromatic N) is 1. The van der Waals surface area contributed by atoms with Crippen molar-refractivity contribution in [3.05, 3.63) is 60.2 Å². The first-order valence-electron chi connectivity index (χ1n) is 6.61. The zero-order valence-electron chi connectivity index (χ0n) is 12.3. The molecular formula is C15H15N3O3S2. The van der Waals surface area contributed by atoms with Crippen molar-refractivity contribution in [3.8, 4) is 5.75 Å². The lowest BCUT2D eigenvalue weighted by molar-refractivity contribution is 0.486. The summed E-state index contributed by atoms with van der Waals surface area (Å²) in [5, 5.41) is 7.05. The highest BCUT2D eigenvalue weighted by atomic mass is 32.2. The third-order valence-electron chi connectivity index (χ3n) is 2.72. The van der Waals surface area contributed by atoms with Crippen LogP contribution in [0.4, 0.5) is 0 Å². The molecule has 0 bridgehead atoms. The Labute approximate surface area is 140 Å². The van der Waals surface area contributed by atoms with Crippen LogP contribution in [-0.4, -0.2) is 26.8 Å². The van der Waals surface area contributed by atoms with E-state index in [1.165, 1.54) is 12.1 Å². The summed E-state index contributed by atoms with van der Waals surface area (Å²) >= 11 is 4.87. The zero-order valence-corrected chi connectivity index (χ0v) is 13.9. The van der Waals surface area contributed by atoms with Gasteiger partial charge in [0, 0.05) is 7.05 Å². The first kappa shape index (κ1) is 16.9. The topological polar surface area (TPSA) is 79.8 Å². The third-order valence-corrected chi connectivity index (χ3v) is 4.28. The summed E-state index contributed by atoms with van der Waals surface area (Å²) in [7, 11) is -2.14. The van der Waals surface area contributed by atoms with Crippen LogP contribution in [0.15, 0.2) is 64.6 Å². The van der Waals surface area contributed by atoms with Gasteiger partial charge in [-0.15, -0.1) is 0 Å². The minimum Gasteiger partial charge on any atom is -0.379 e. The molecule has 0 unspecified atom stereocenters. The molecule has 0 radical (unpaired) electrons. The van der Waals surface area contributed by atoms with Gasteiger partial charge in [-0.2, -0.15) is 13.5 Å². The first-order valence-corrected chi connectivity index (χ1v) is 8.43. The van der Waals surface area contributed by atoms with E-state index in [1.807, 2.05) is 0 Å². The van der Waals surface area contributed by atoms with E-state index in [1.54, 1.807) is 55.7 Å². The number of hydrogen-bond acceptors (Lipinski definition) is 5. The molecule has 8 heteroatoms. The first-order chi connectivity index (χ1) is 11.0. The highest BCUT2D eigenvalue weighted by Gasteiger charge is 2.15. The van der Waals surface area contributed by atoms with Gasteiger partial charge >= 0.3 is 10.1 Å². The van der Waals surface area contributed by atoms with Crippen LogP contribution >= 0.6 is 12.2 Å². The van der Waals surface area contributed by atoms with Gasteiger partial charge in [-0.3, -0.25) is 5.43 Å². The van der Waals surface area contributed by atoms with Gasteiger partial charge in [-0.05, 0) is 54.2 Å². The van der Waals surface area contributed by atoms with Crippen molar-refractivity contribution in [2.24, 2.45) is 5.10 Å². The number of hydrogen-bond donors (Lipinski definition) is 2. The van der Waals surface area contributed by atoms with Crippen LogP contribution in [0.1, 0.15) is 5.56 Å². The van der Waals surface area contributed by atoms with Crippen LogP contribution in [0.5, 0.6) is 5.75 Å². The Balaban J connectivity index is 2.04. The summed E-state index contributed by atoms with van der Waals surface area (Å²) in [5.41, 5.74) is 3.38. The Bertz CT molecular complexity index is 788. The minimum absolute atomic E-state index is 0.107. The molecule has 0 saturated heterocycles. The lowest BCUT2D eigenvalue weighted by Gasteiger charge is -2.07. The highest BCUT2D eigenvalue weighted by Crippen LogP contribution is 2.18. The van der Waals surface area contributed by atoms with Gasteiger partial charge in [0.15, 0.2) is 5.11 Å². The van der Waals surface area contributed by atoms with Crippen LogP contribution in [0.3, 0.4) is 0 Å². The fourth-order valence-corrected chi connectivity index (χ4v) is 2.60. The van der Waals surface area contributed by atoms with Gasteiger partial charge in [0.1, 0.15) is 10.6 Å². The summed E-state index contributed by atoms with van der Waals surface area (Å²) in [6, 6.07) is 14.4. The van der Waals surface area contributed by atoms with Crippen LogP contribution in [0.2, 0.25) is 0 Å². The average Bonchev–Trinajstić information content (AvgIpc) is 2.57. The summed E-state index contributed by atoms with van der Waals surface area (Å²) in [6.45, 7) is 0. The minimum atomic E-state index is -3.83. The van der Waals surface area contributed by atoms with E-state index in [4.69, 9.17) is 16.4 Å². The number of benzene rings is 2. The molecule has 2 rings (SSSR count). The Morgan fingerprint density at radius 2 is 1.78 bits per heavy atom. The van der Waals surface area contributed by atoms with Crippen molar-refractivity contribution >= 4 is 33.7 Å². The SMILES string of the molecule is CNC(=S)N/N=C\c1ccc(OS(=O)(=O)c2ccccc2)cc1. The monoisotopic (exact) mass is 349 g/mol. The standard InChI is InChI=1S/C15H15N3O3S2/c1-16-15(22)18-17-11-12-7-9-13(10-8-12)21-23(19,20)14-5-3-2-4-6-14/h2-11H,1H3,(H2,16,18,22)/b17-11-. The largest absolute Gasteiger partial charge is 0.379 e. The number of hydrazone groups is 1. The van der Waals surface area contributed by atoms with E-state index in [9.17, 15) is 8.42 Å². The lowest BCUT2D eigenvalue weighted by Crippen LogP contribution is -2.28. The molecule has 120 valence electrons. The fraction of sp³-hybridized carbons (Fsp3) is 0.0667. The number of thiocarbonyl (C=S) groups is 1. The van der Waals surface area contributed by atoms with E-state index in [0.717, 1.165) is 5.56 Å². The molecule has 2 aromatic carbocycles. The van der Waals surface area contributed by atoms with Crippen molar-refractivity contribution in [1.82, 2.24) is 10.7 Å². The molecule has 23 heavy (non-hydrogen) atoms. The number of nitrogens with one attached hydrogen (secondary N) is 2. The molecule has 0 fully saturated rings. The van der Waals surface area contributed by atoms with Gasteiger partial charge in [0.25, 0.3) is 0 Å². The molecule has 0 aromatic heterocycles. The van der Waals surface area contributed by atoms with Crippen molar-refractivity contribution in [1.29, 1.82) is 0 Å². The highest BCUT2D eigenvalue weighted by molar-refractivity contribution is 7.87. The molecule has 0 amide bonds. The average molecular weight is 349 g/mol. The molecule has 0 saturated carbocycles. The third kappa shape index (κ3) is 5.04. The van der Waals surface area contributed by atoms with Gasteiger partial charge in [0.05, 0.1) is 6.21 Å². The smallest absolute Gasteiger partial charge is 0.339 e. The molecule has 0 heterocycles.